The van der Waals surface area contributed by atoms with Gasteiger partial charge in [-0.25, -0.2) is 4.79 Å². The van der Waals surface area contributed by atoms with E-state index in [1.807, 2.05) is 12.1 Å². The Hall–Kier alpha value is -1.85. The summed E-state index contributed by atoms with van der Waals surface area (Å²) in [6.07, 6.45) is 2.58. The summed E-state index contributed by atoms with van der Waals surface area (Å²) in [5, 5.41) is 8.60. The Bertz CT molecular complexity index is 414. The Morgan fingerprint density at radius 2 is 1.95 bits per heavy atom. The van der Waals surface area contributed by atoms with Crippen LogP contribution in [-0.2, 0) is 14.3 Å². The summed E-state index contributed by atoms with van der Waals surface area (Å²) in [7, 11) is 1.62. The molecule has 0 aliphatic carbocycles. The van der Waals surface area contributed by atoms with E-state index in [0.29, 0.717) is 32.2 Å². The van der Waals surface area contributed by atoms with Gasteiger partial charge in [0.25, 0.3) is 0 Å². The molecule has 0 radical (unpaired) electrons. The van der Waals surface area contributed by atoms with Crippen LogP contribution in [0.2, 0.25) is 0 Å². The van der Waals surface area contributed by atoms with Crippen molar-refractivity contribution in [1.82, 2.24) is 0 Å². The predicted octanol–water partition coefficient (Wildman–Crippen LogP) is 1.83. The lowest BCUT2D eigenvalue weighted by atomic mass is 10.2. The monoisotopic (exact) mass is 266 g/mol. The first-order chi connectivity index (χ1) is 9.24. The minimum absolute atomic E-state index is 0.404. The molecule has 0 saturated carbocycles. The molecule has 1 rings (SSSR count). The van der Waals surface area contributed by atoms with Crippen LogP contribution in [0.1, 0.15) is 5.56 Å². The van der Waals surface area contributed by atoms with E-state index < -0.39 is 5.97 Å². The molecule has 0 aromatic heterocycles. The molecule has 1 aromatic rings. The molecule has 0 unspecified atom stereocenters. The van der Waals surface area contributed by atoms with Crippen molar-refractivity contribution in [2.75, 3.05) is 33.5 Å². The summed E-state index contributed by atoms with van der Waals surface area (Å²) in [5.74, 6) is -0.354. The molecule has 0 bridgehead atoms. The van der Waals surface area contributed by atoms with Crippen LogP contribution in [0.3, 0.4) is 0 Å². The highest BCUT2D eigenvalue weighted by Gasteiger charge is 2.00. The molecule has 0 saturated heterocycles. The van der Waals surface area contributed by atoms with E-state index in [2.05, 4.69) is 0 Å². The van der Waals surface area contributed by atoms with E-state index in [4.69, 9.17) is 19.3 Å². The Kier molecular flexibility index (Phi) is 7.31. The number of carboxylic acids is 1. The third-order valence-electron chi connectivity index (χ3n) is 2.24. The van der Waals surface area contributed by atoms with Crippen molar-refractivity contribution in [3.63, 3.8) is 0 Å². The number of methoxy groups -OCH3 is 1. The number of para-hydroxylation sites is 1. The van der Waals surface area contributed by atoms with E-state index >= 15 is 0 Å². The van der Waals surface area contributed by atoms with Crippen LogP contribution < -0.4 is 4.74 Å². The fourth-order valence-corrected chi connectivity index (χ4v) is 1.37. The number of hydrogen-bond donors (Lipinski definition) is 1. The standard InChI is InChI=1S/C14H18O5/c1-17-8-9-18-10-11-19-13-5-3-2-4-12(13)6-7-14(15)16/h2-7H,8-11H2,1H3,(H,15,16). The first-order valence-electron chi connectivity index (χ1n) is 5.93. The maximum atomic E-state index is 10.5. The molecule has 104 valence electrons. The average molecular weight is 266 g/mol. The van der Waals surface area contributed by atoms with E-state index in [1.165, 1.54) is 6.08 Å². The number of carbonyl (C=O) groups is 1. The fraction of sp³-hybridized carbons (Fsp3) is 0.357. The summed E-state index contributed by atoms with van der Waals surface area (Å²) >= 11 is 0. The van der Waals surface area contributed by atoms with Crippen LogP contribution in [0, 0.1) is 0 Å². The number of rotatable bonds is 9. The second kappa shape index (κ2) is 9.13. The molecule has 0 atom stereocenters. The highest BCUT2D eigenvalue weighted by atomic mass is 16.5. The third kappa shape index (κ3) is 6.59. The molecule has 1 N–H and O–H groups in total. The maximum absolute atomic E-state index is 10.5. The molecular weight excluding hydrogens is 248 g/mol. The Morgan fingerprint density at radius 1 is 1.21 bits per heavy atom. The Morgan fingerprint density at radius 3 is 2.68 bits per heavy atom. The number of carboxylic acid groups (broad SMARTS) is 1. The van der Waals surface area contributed by atoms with Crippen LogP contribution in [-0.4, -0.2) is 44.6 Å². The van der Waals surface area contributed by atoms with Gasteiger partial charge in [-0.15, -0.1) is 0 Å². The van der Waals surface area contributed by atoms with Crippen LogP contribution in [0.15, 0.2) is 30.3 Å². The maximum Gasteiger partial charge on any atom is 0.328 e. The molecule has 0 aliphatic rings. The van der Waals surface area contributed by atoms with Crippen LogP contribution >= 0.6 is 0 Å². The number of benzene rings is 1. The largest absolute Gasteiger partial charge is 0.491 e. The smallest absolute Gasteiger partial charge is 0.328 e. The topological polar surface area (TPSA) is 65.0 Å². The predicted molar refractivity (Wildman–Crippen MR) is 71.3 cm³/mol. The van der Waals surface area contributed by atoms with Gasteiger partial charge < -0.3 is 19.3 Å². The molecule has 5 heteroatoms. The minimum atomic E-state index is -0.988. The second-order valence-electron chi connectivity index (χ2n) is 3.66. The number of hydrogen-bond acceptors (Lipinski definition) is 4. The normalized spacial score (nSPS) is 10.8. The van der Waals surface area contributed by atoms with Gasteiger partial charge in [-0.2, -0.15) is 0 Å². The van der Waals surface area contributed by atoms with Crippen molar-refractivity contribution in [3.05, 3.63) is 35.9 Å². The van der Waals surface area contributed by atoms with Gasteiger partial charge in [-0.1, -0.05) is 18.2 Å². The van der Waals surface area contributed by atoms with Gasteiger partial charge >= 0.3 is 5.97 Å². The quantitative estimate of drug-likeness (QED) is 0.545. The molecule has 1 aromatic carbocycles. The van der Waals surface area contributed by atoms with Crippen molar-refractivity contribution >= 4 is 12.0 Å². The van der Waals surface area contributed by atoms with Gasteiger partial charge in [-0.05, 0) is 12.1 Å². The van der Waals surface area contributed by atoms with Crippen molar-refractivity contribution < 1.29 is 24.1 Å². The fourth-order valence-electron chi connectivity index (χ4n) is 1.37. The Labute approximate surface area is 112 Å². The molecule has 0 heterocycles. The highest BCUT2D eigenvalue weighted by molar-refractivity contribution is 5.85. The van der Waals surface area contributed by atoms with Crippen LogP contribution in [0.4, 0.5) is 0 Å². The average Bonchev–Trinajstić information content (AvgIpc) is 2.41. The summed E-state index contributed by atoms with van der Waals surface area (Å²) in [6, 6.07) is 7.24. The molecule has 0 fully saturated rings. The SMILES string of the molecule is COCCOCCOc1ccccc1C=CC(=O)O. The van der Waals surface area contributed by atoms with Crippen molar-refractivity contribution in [1.29, 1.82) is 0 Å². The van der Waals surface area contributed by atoms with E-state index in [-0.39, 0.29) is 0 Å². The van der Waals surface area contributed by atoms with Gasteiger partial charge in [0.1, 0.15) is 12.4 Å². The number of ether oxygens (including phenoxy) is 3. The summed E-state index contributed by atoms with van der Waals surface area (Å²) in [5.41, 5.74) is 0.724. The Balaban J connectivity index is 2.42. The lowest BCUT2D eigenvalue weighted by Crippen LogP contribution is -2.10. The molecule has 0 spiro atoms. The molecular formula is C14H18O5. The summed E-state index contributed by atoms with van der Waals surface area (Å²) in [4.78, 5) is 10.5. The molecule has 5 nitrogen and oxygen atoms in total. The van der Waals surface area contributed by atoms with E-state index in [1.54, 1.807) is 19.2 Å². The van der Waals surface area contributed by atoms with E-state index in [9.17, 15) is 4.79 Å². The van der Waals surface area contributed by atoms with Crippen molar-refractivity contribution in [2.45, 2.75) is 0 Å². The zero-order chi connectivity index (χ0) is 13.9. The van der Waals surface area contributed by atoms with Gasteiger partial charge in [0.2, 0.25) is 0 Å². The highest BCUT2D eigenvalue weighted by Crippen LogP contribution is 2.19. The lowest BCUT2D eigenvalue weighted by molar-refractivity contribution is -0.131. The van der Waals surface area contributed by atoms with Gasteiger partial charge in [0.15, 0.2) is 0 Å². The van der Waals surface area contributed by atoms with Gasteiger partial charge in [-0.3, -0.25) is 0 Å². The van der Waals surface area contributed by atoms with Crippen molar-refractivity contribution in [3.8, 4) is 5.75 Å². The minimum Gasteiger partial charge on any atom is -0.491 e. The van der Waals surface area contributed by atoms with Crippen LogP contribution in [0.25, 0.3) is 6.08 Å². The number of aliphatic carboxylic acids is 1. The first-order valence-corrected chi connectivity index (χ1v) is 5.93. The summed E-state index contributed by atoms with van der Waals surface area (Å²) in [6.45, 7) is 1.94. The van der Waals surface area contributed by atoms with Gasteiger partial charge in [0.05, 0.1) is 19.8 Å². The summed E-state index contributed by atoms with van der Waals surface area (Å²) < 4.78 is 15.7. The molecule has 0 aliphatic heterocycles. The van der Waals surface area contributed by atoms with Gasteiger partial charge in [0, 0.05) is 18.7 Å². The van der Waals surface area contributed by atoms with E-state index in [0.717, 1.165) is 11.6 Å². The molecule has 19 heavy (non-hydrogen) atoms. The van der Waals surface area contributed by atoms with Crippen molar-refractivity contribution in [2.24, 2.45) is 0 Å². The lowest BCUT2D eigenvalue weighted by Gasteiger charge is -2.09. The molecule has 0 amide bonds. The second-order valence-corrected chi connectivity index (χ2v) is 3.66. The van der Waals surface area contributed by atoms with Crippen LogP contribution in [0.5, 0.6) is 5.75 Å². The first kappa shape index (κ1) is 15.2. The zero-order valence-corrected chi connectivity index (χ0v) is 10.9. The zero-order valence-electron chi connectivity index (χ0n) is 10.9. The third-order valence-corrected chi connectivity index (χ3v) is 2.24.